The minimum absolute atomic E-state index is 0.194. The molecule has 1 heterocycles. The average Bonchev–Trinajstić information content (AvgIpc) is 2.33. The van der Waals surface area contributed by atoms with Crippen molar-refractivity contribution in [3.8, 4) is 0 Å². The fourth-order valence-corrected chi connectivity index (χ4v) is 2.80. The van der Waals surface area contributed by atoms with Crippen molar-refractivity contribution in [2.75, 3.05) is 31.6 Å². The van der Waals surface area contributed by atoms with Crippen LogP contribution in [0.2, 0.25) is 5.02 Å². The van der Waals surface area contributed by atoms with Gasteiger partial charge in [0.25, 0.3) is 0 Å². The Labute approximate surface area is 114 Å². The van der Waals surface area contributed by atoms with Crippen molar-refractivity contribution in [2.24, 2.45) is 0 Å². The first-order chi connectivity index (χ1) is 8.52. The summed E-state index contributed by atoms with van der Waals surface area (Å²) >= 11 is 6.10. The molecule has 0 radical (unpaired) electrons. The lowest BCUT2D eigenvalue weighted by atomic mass is 10.1. The molecule has 2 unspecified atom stereocenters. The topological polar surface area (TPSA) is 26.7 Å². The highest BCUT2D eigenvalue weighted by Crippen LogP contribution is 2.28. The molecular formula is C14H21ClN2O. The largest absolute Gasteiger partial charge is 0.395 e. The number of hydrogen-bond acceptors (Lipinski definition) is 3. The second kappa shape index (κ2) is 5.47. The van der Waals surface area contributed by atoms with Gasteiger partial charge in [-0.15, -0.1) is 0 Å². The molecule has 1 aromatic carbocycles. The number of aryl methyl sites for hydroxylation is 1. The summed E-state index contributed by atoms with van der Waals surface area (Å²) in [5.74, 6) is 0. The summed E-state index contributed by atoms with van der Waals surface area (Å²) < 4.78 is 0. The molecule has 0 saturated carbocycles. The van der Waals surface area contributed by atoms with Gasteiger partial charge in [-0.1, -0.05) is 17.7 Å². The van der Waals surface area contributed by atoms with E-state index in [-0.39, 0.29) is 12.6 Å². The maximum Gasteiger partial charge on any atom is 0.0604 e. The van der Waals surface area contributed by atoms with Crippen LogP contribution < -0.4 is 4.90 Å². The maximum atomic E-state index is 9.44. The zero-order chi connectivity index (χ0) is 13.3. The van der Waals surface area contributed by atoms with Crippen molar-refractivity contribution in [3.05, 3.63) is 28.8 Å². The van der Waals surface area contributed by atoms with Gasteiger partial charge >= 0.3 is 0 Å². The van der Waals surface area contributed by atoms with Crippen LogP contribution in [0.4, 0.5) is 5.69 Å². The lowest BCUT2D eigenvalue weighted by molar-refractivity contribution is 0.121. The number of anilines is 1. The second-order valence-electron chi connectivity index (χ2n) is 5.21. The molecule has 0 spiro atoms. The van der Waals surface area contributed by atoms with E-state index >= 15 is 0 Å². The Kier molecular flexibility index (Phi) is 4.15. The van der Waals surface area contributed by atoms with Crippen molar-refractivity contribution >= 4 is 17.3 Å². The van der Waals surface area contributed by atoms with Gasteiger partial charge in [0.2, 0.25) is 0 Å². The third-order valence-electron chi connectivity index (χ3n) is 3.81. The molecule has 0 aliphatic carbocycles. The first kappa shape index (κ1) is 13.7. The van der Waals surface area contributed by atoms with Gasteiger partial charge in [-0.3, -0.25) is 4.90 Å². The van der Waals surface area contributed by atoms with Crippen molar-refractivity contribution in [2.45, 2.75) is 25.9 Å². The summed E-state index contributed by atoms with van der Waals surface area (Å²) in [5, 5.41) is 10.2. The zero-order valence-corrected chi connectivity index (χ0v) is 12.0. The summed E-state index contributed by atoms with van der Waals surface area (Å²) in [6.45, 7) is 6.31. The molecule has 0 aromatic heterocycles. The molecule has 100 valence electrons. The minimum atomic E-state index is 0.194. The van der Waals surface area contributed by atoms with Crippen molar-refractivity contribution in [1.29, 1.82) is 0 Å². The highest BCUT2D eigenvalue weighted by Gasteiger charge is 2.29. The van der Waals surface area contributed by atoms with Crippen LogP contribution in [-0.2, 0) is 0 Å². The van der Waals surface area contributed by atoms with Crippen LogP contribution in [0.1, 0.15) is 12.5 Å². The van der Waals surface area contributed by atoms with E-state index in [1.54, 1.807) is 0 Å². The number of likely N-dealkylation sites (N-methyl/N-ethyl adjacent to an activating group) is 1. The van der Waals surface area contributed by atoms with Crippen LogP contribution in [0.5, 0.6) is 0 Å². The number of piperazine rings is 1. The Morgan fingerprint density at radius 1 is 1.39 bits per heavy atom. The monoisotopic (exact) mass is 268 g/mol. The normalized spacial score (nSPS) is 25.5. The number of aliphatic hydroxyl groups excluding tert-OH is 1. The van der Waals surface area contributed by atoms with Crippen molar-refractivity contribution in [1.82, 2.24) is 4.90 Å². The van der Waals surface area contributed by atoms with Gasteiger partial charge in [0.15, 0.2) is 0 Å². The summed E-state index contributed by atoms with van der Waals surface area (Å²) in [7, 11) is 2.07. The van der Waals surface area contributed by atoms with Gasteiger partial charge in [0.05, 0.1) is 12.6 Å². The van der Waals surface area contributed by atoms with Crippen LogP contribution in [0.25, 0.3) is 0 Å². The predicted molar refractivity (Wildman–Crippen MR) is 76.5 cm³/mol. The molecule has 1 aliphatic heterocycles. The van der Waals surface area contributed by atoms with Crippen LogP contribution in [0, 0.1) is 6.92 Å². The first-order valence-electron chi connectivity index (χ1n) is 6.37. The van der Waals surface area contributed by atoms with Gasteiger partial charge in [-0.05, 0) is 38.6 Å². The SMILES string of the molecule is Cc1ccc(Cl)cc1N1CC(CO)N(C)CC1C. The van der Waals surface area contributed by atoms with Crippen molar-refractivity contribution < 1.29 is 5.11 Å². The molecule has 1 aliphatic rings. The zero-order valence-electron chi connectivity index (χ0n) is 11.2. The highest BCUT2D eigenvalue weighted by atomic mass is 35.5. The van der Waals surface area contributed by atoms with Crippen LogP contribution in [-0.4, -0.2) is 48.8 Å². The number of halogens is 1. The van der Waals surface area contributed by atoms with Crippen molar-refractivity contribution in [3.63, 3.8) is 0 Å². The smallest absolute Gasteiger partial charge is 0.0604 e. The van der Waals surface area contributed by atoms with E-state index in [2.05, 4.69) is 36.8 Å². The molecule has 0 amide bonds. The average molecular weight is 269 g/mol. The van der Waals surface area contributed by atoms with Gasteiger partial charge in [0, 0.05) is 29.8 Å². The van der Waals surface area contributed by atoms with E-state index in [4.69, 9.17) is 11.6 Å². The Bertz CT molecular complexity index is 424. The molecule has 2 atom stereocenters. The summed E-state index contributed by atoms with van der Waals surface area (Å²) in [6, 6.07) is 6.61. The van der Waals surface area contributed by atoms with Crippen LogP contribution in [0.3, 0.4) is 0 Å². The first-order valence-corrected chi connectivity index (χ1v) is 6.74. The maximum absolute atomic E-state index is 9.44. The third-order valence-corrected chi connectivity index (χ3v) is 4.04. The van der Waals surface area contributed by atoms with Gasteiger partial charge < -0.3 is 10.0 Å². The standard InChI is InChI=1S/C14H21ClN2O/c1-10-4-5-12(15)6-14(10)17-8-13(9-18)16(3)7-11(17)2/h4-6,11,13,18H,7-9H2,1-3H3. The van der Waals surface area contributed by atoms with E-state index in [9.17, 15) is 5.11 Å². The summed E-state index contributed by atoms with van der Waals surface area (Å²) in [4.78, 5) is 4.57. The molecule has 0 bridgehead atoms. The van der Waals surface area contributed by atoms with E-state index < -0.39 is 0 Å². The Morgan fingerprint density at radius 3 is 2.78 bits per heavy atom. The lowest BCUT2D eigenvalue weighted by Gasteiger charge is -2.45. The molecule has 1 fully saturated rings. The van der Waals surface area contributed by atoms with Crippen LogP contribution in [0.15, 0.2) is 18.2 Å². The quantitative estimate of drug-likeness (QED) is 0.890. The molecule has 18 heavy (non-hydrogen) atoms. The number of benzene rings is 1. The Hall–Kier alpha value is -0.770. The minimum Gasteiger partial charge on any atom is -0.395 e. The molecule has 1 saturated heterocycles. The third kappa shape index (κ3) is 2.63. The molecule has 1 N–H and O–H groups in total. The second-order valence-corrected chi connectivity index (χ2v) is 5.64. The fraction of sp³-hybridized carbons (Fsp3) is 0.571. The van der Waals surface area contributed by atoms with Gasteiger partial charge in [-0.2, -0.15) is 0 Å². The Balaban J connectivity index is 2.28. The van der Waals surface area contributed by atoms with E-state index in [1.807, 2.05) is 12.1 Å². The predicted octanol–water partition coefficient (Wildman–Crippen LogP) is 2.15. The number of nitrogens with zero attached hydrogens (tertiary/aromatic N) is 2. The fourth-order valence-electron chi connectivity index (χ4n) is 2.64. The summed E-state index contributed by atoms with van der Waals surface area (Å²) in [5.41, 5.74) is 2.41. The number of rotatable bonds is 2. The van der Waals surface area contributed by atoms with E-state index in [1.165, 1.54) is 11.3 Å². The highest BCUT2D eigenvalue weighted by molar-refractivity contribution is 6.30. The molecule has 1 aromatic rings. The molecule has 2 rings (SSSR count). The summed E-state index contributed by atoms with van der Waals surface area (Å²) in [6.07, 6.45) is 0. The molecular weight excluding hydrogens is 248 g/mol. The lowest BCUT2D eigenvalue weighted by Crippen LogP contribution is -2.57. The van der Waals surface area contributed by atoms with E-state index in [0.717, 1.165) is 18.1 Å². The molecule has 3 nitrogen and oxygen atoms in total. The van der Waals surface area contributed by atoms with Crippen LogP contribution >= 0.6 is 11.6 Å². The number of aliphatic hydroxyl groups is 1. The van der Waals surface area contributed by atoms with Gasteiger partial charge in [-0.25, -0.2) is 0 Å². The van der Waals surface area contributed by atoms with Gasteiger partial charge in [0.1, 0.15) is 0 Å². The number of hydrogen-bond donors (Lipinski definition) is 1. The Morgan fingerprint density at radius 2 is 2.11 bits per heavy atom. The molecule has 4 heteroatoms. The van der Waals surface area contributed by atoms with E-state index in [0.29, 0.717) is 6.04 Å².